The minimum Gasteiger partial charge on any atom is -0.497 e. The van der Waals surface area contributed by atoms with Crippen LogP contribution in [0.3, 0.4) is 0 Å². The summed E-state index contributed by atoms with van der Waals surface area (Å²) in [5, 5.41) is 13.8. The highest BCUT2D eigenvalue weighted by molar-refractivity contribution is 7.98. The van der Waals surface area contributed by atoms with Crippen LogP contribution in [0.1, 0.15) is 22.8 Å². The quantitative estimate of drug-likeness (QED) is 0.288. The molecular weight excluding hydrogens is 396 g/mol. The molecule has 9 heteroatoms. The molecule has 8 nitrogen and oxygen atoms in total. The topological polar surface area (TPSA) is 108 Å². The normalized spacial score (nSPS) is 11.4. The highest BCUT2D eigenvalue weighted by atomic mass is 32.2. The molecule has 0 aliphatic rings. The zero-order chi connectivity index (χ0) is 21.4. The molecule has 2 rings (SSSR count). The minimum atomic E-state index is -1.03. The molecule has 1 amide bonds. The number of methoxy groups -OCH3 is 1. The summed E-state index contributed by atoms with van der Waals surface area (Å²) in [6, 6.07) is 11.6. The average molecular weight is 418 g/mol. The maximum absolute atomic E-state index is 12.2. The number of ether oxygens (including phenoxy) is 2. The molecule has 0 aliphatic heterocycles. The maximum atomic E-state index is 12.2. The lowest BCUT2D eigenvalue weighted by Crippen LogP contribution is -2.36. The van der Waals surface area contributed by atoms with E-state index in [9.17, 15) is 19.7 Å². The van der Waals surface area contributed by atoms with E-state index >= 15 is 0 Å². The van der Waals surface area contributed by atoms with Crippen LogP contribution in [0.15, 0.2) is 47.4 Å². The molecule has 0 radical (unpaired) electrons. The molecule has 0 aromatic heterocycles. The van der Waals surface area contributed by atoms with Crippen molar-refractivity contribution in [2.24, 2.45) is 0 Å². The second kappa shape index (κ2) is 10.5. The van der Waals surface area contributed by atoms with Crippen molar-refractivity contribution in [1.82, 2.24) is 5.32 Å². The van der Waals surface area contributed by atoms with E-state index in [4.69, 9.17) is 9.47 Å². The third-order valence-electron chi connectivity index (χ3n) is 4.14. The van der Waals surface area contributed by atoms with Crippen LogP contribution in [0, 0.1) is 10.1 Å². The maximum Gasteiger partial charge on any atom is 0.339 e. The van der Waals surface area contributed by atoms with E-state index in [1.54, 1.807) is 13.4 Å². The summed E-state index contributed by atoms with van der Waals surface area (Å²) in [7, 11) is 1.59. The summed E-state index contributed by atoms with van der Waals surface area (Å²) in [6.45, 7) is 1.83. The van der Waals surface area contributed by atoms with Crippen LogP contribution in [0.4, 0.5) is 5.69 Å². The monoisotopic (exact) mass is 418 g/mol. The van der Waals surface area contributed by atoms with Gasteiger partial charge in [0, 0.05) is 12.6 Å². The zero-order valence-electron chi connectivity index (χ0n) is 16.3. The van der Waals surface area contributed by atoms with Crippen LogP contribution >= 0.6 is 11.8 Å². The van der Waals surface area contributed by atoms with E-state index < -0.39 is 22.9 Å². The molecule has 2 aromatic rings. The van der Waals surface area contributed by atoms with Crippen molar-refractivity contribution >= 4 is 29.3 Å². The van der Waals surface area contributed by atoms with Crippen molar-refractivity contribution in [3.63, 3.8) is 0 Å². The molecule has 0 aliphatic carbocycles. The molecular formula is C20H22N2O6S. The number of thioether (sulfide) groups is 1. The number of hydrogen-bond donors (Lipinski definition) is 1. The number of nitro groups is 1. The Hall–Kier alpha value is -3.07. The Morgan fingerprint density at radius 2 is 1.90 bits per heavy atom. The van der Waals surface area contributed by atoms with Crippen molar-refractivity contribution in [3.8, 4) is 5.75 Å². The van der Waals surface area contributed by atoms with E-state index in [1.165, 1.54) is 30.8 Å². The SMILES string of the molecule is COc1ccc(CCNC(=O)[C@H](C)OC(=O)c2ccc(SC)c([N+](=O)[O-])c2)cc1. The van der Waals surface area contributed by atoms with Crippen LogP contribution in [-0.4, -0.2) is 42.8 Å². The Bertz CT molecular complexity index is 885. The Balaban J connectivity index is 1.88. The number of carbonyl (C=O) groups excluding carboxylic acids is 2. The van der Waals surface area contributed by atoms with Crippen molar-refractivity contribution < 1.29 is 24.0 Å². The summed E-state index contributed by atoms with van der Waals surface area (Å²) >= 11 is 1.21. The average Bonchev–Trinajstić information content (AvgIpc) is 2.73. The second-order valence-corrected chi connectivity index (χ2v) is 6.93. The zero-order valence-corrected chi connectivity index (χ0v) is 17.2. The molecule has 2 aromatic carbocycles. The Morgan fingerprint density at radius 1 is 1.21 bits per heavy atom. The molecule has 29 heavy (non-hydrogen) atoms. The van der Waals surface area contributed by atoms with Gasteiger partial charge < -0.3 is 14.8 Å². The fraction of sp³-hybridized carbons (Fsp3) is 0.300. The van der Waals surface area contributed by atoms with Gasteiger partial charge in [-0.25, -0.2) is 4.79 Å². The minimum absolute atomic E-state index is 0.0207. The van der Waals surface area contributed by atoms with Crippen molar-refractivity contribution in [1.29, 1.82) is 0 Å². The third kappa shape index (κ3) is 6.21. The molecule has 0 saturated heterocycles. The smallest absolute Gasteiger partial charge is 0.339 e. The number of carbonyl (C=O) groups is 2. The molecule has 0 fully saturated rings. The van der Waals surface area contributed by atoms with Crippen LogP contribution in [0.5, 0.6) is 5.75 Å². The largest absolute Gasteiger partial charge is 0.497 e. The fourth-order valence-electron chi connectivity index (χ4n) is 2.51. The highest BCUT2D eigenvalue weighted by Gasteiger charge is 2.22. The molecule has 0 saturated carbocycles. The van der Waals surface area contributed by atoms with E-state index in [0.717, 1.165) is 17.4 Å². The van der Waals surface area contributed by atoms with Gasteiger partial charge in [-0.3, -0.25) is 14.9 Å². The molecule has 0 heterocycles. The van der Waals surface area contributed by atoms with Gasteiger partial charge in [0.2, 0.25) is 0 Å². The van der Waals surface area contributed by atoms with Crippen LogP contribution in [0.2, 0.25) is 0 Å². The summed E-state index contributed by atoms with van der Waals surface area (Å²) < 4.78 is 10.2. The number of amides is 1. The van der Waals surface area contributed by atoms with Gasteiger partial charge in [0.1, 0.15) is 5.75 Å². The molecule has 0 bridgehead atoms. The van der Waals surface area contributed by atoms with Gasteiger partial charge in [-0.05, 0) is 49.4 Å². The second-order valence-electron chi connectivity index (χ2n) is 6.08. The Kier molecular flexibility index (Phi) is 8.02. The number of esters is 1. The lowest BCUT2D eigenvalue weighted by molar-refractivity contribution is -0.387. The van der Waals surface area contributed by atoms with Gasteiger partial charge in [0.15, 0.2) is 6.10 Å². The van der Waals surface area contributed by atoms with E-state index in [0.29, 0.717) is 17.9 Å². The lowest BCUT2D eigenvalue weighted by atomic mass is 10.1. The van der Waals surface area contributed by atoms with Gasteiger partial charge in [-0.2, -0.15) is 0 Å². The Morgan fingerprint density at radius 3 is 2.48 bits per heavy atom. The van der Waals surface area contributed by atoms with E-state index in [2.05, 4.69) is 5.32 Å². The predicted molar refractivity (Wildman–Crippen MR) is 109 cm³/mol. The molecule has 154 valence electrons. The van der Waals surface area contributed by atoms with Gasteiger partial charge in [0.05, 0.1) is 22.5 Å². The van der Waals surface area contributed by atoms with Crippen molar-refractivity contribution in [2.45, 2.75) is 24.3 Å². The summed E-state index contributed by atoms with van der Waals surface area (Å²) in [5.74, 6) is -0.482. The summed E-state index contributed by atoms with van der Waals surface area (Å²) in [6.07, 6.45) is 1.29. The van der Waals surface area contributed by atoms with Gasteiger partial charge in [-0.15, -0.1) is 11.8 Å². The summed E-state index contributed by atoms with van der Waals surface area (Å²) in [5.41, 5.74) is 0.868. The van der Waals surface area contributed by atoms with Crippen molar-refractivity contribution in [2.75, 3.05) is 19.9 Å². The third-order valence-corrected chi connectivity index (χ3v) is 4.92. The van der Waals surface area contributed by atoms with Gasteiger partial charge in [-0.1, -0.05) is 12.1 Å². The summed E-state index contributed by atoms with van der Waals surface area (Å²) in [4.78, 5) is 35.4. The van der Waals surface area contributed by atoms with E-state index in [1.807, 2.05) is 24.3 Å². The van der Waals surface area contributed by atoms with Crippen molar-refractivity contribution in [3.05, 3.63) is 63.7 Å². The highest BCUT2D eigenvalue weighted by Crippen LogP contribution is 2.28. The number of nitro benzene ring substituents is 1. The Labute approximate surface area is 172 Å². The number of hydrogen-bond acceptors (Lipinski definition) is 7. The van der Waals surface area contributed by atoms with Crippen LogP contribution < -0.4 is 10.1 Å². The fourth-order valence-corrected chi connectivity index (χ4v) is 3.05. The first kappa shape index (κ1) is 22.2. The first-order chi connectivity index (χ1) is 13.8. The van der Waals surface area contributed by atoms with Gasteiger partial charge >= 0.3 is 5.97 Å². The number of nitrogens with one attached hydrogen (secondary N) is 1. The first-order valence-electron chi connectivity index (χ1n) is 8.79. The molecule has 1 atom stereocenters. The predicted octanol–water partition coefficient (Wildman–Crippen LogP) is 3.23. The lowest BCUT2D eigenvalue weighted by Gasteiger charge is -2.14. The molecule has 0 unspecified atom stereocenters. The molecule has 0 spiro atoms. The van der Waals surface area contributed by atoms with Gasteiger partial charge in [0.25, 0.3) is 11.6 Å². The number of nitrogens with zero attached hydrogens (tertiary/aromatic N) is 1. The van der Waals surface area contributed by atoms with Crippen LogP contribution in [0.25, 0.3) is 0 Å². The first-order valence-corrected chi connectivity index (χ1v) is 10.0. The number of benzene rings is 2. The van der Waals surface area contributed by atoms with Crippen LogP contribution in [-0.2, 0) is 16.0 Å². The molecule has 1 N–H and O–H groups in total. The number of rotatable bonds is 9. The standard InChI is InChI=1S/C20H22N2O6S/c1-13(19(23)21-11-10-14-4-7-16(27-2)8-5-14)28-20(24)15-6-9-18(29-3)17(12-15)22(25)26/h4-9,12-13H,10-11H2,1-3H3,(H,21,23)/t13-/m0/s1. The van der Waals surface area contributed by atoms with E-state index in [-0.39, 0.29) is 11.3 Å².